The van der Waals surface area contributed by atoms with Crippen LogP contribution in [0.15, 0.2) is 42.5 Å². The number of carbonyl (C=O) groups excluding carboxylic acids is 1. The van der Waals surface area contributed by atoms with Crippen molar-refractivity contribution in [2.45, 2.75) is 6.54 Å². The van der Waals surface area contributed by atoms with Crippen LogP contribution < -0.4 is 4.74 Å². The van der Waals surface area contributed by atoms with Crippen molar-refractivity contribution < 1.29 is 18.8 Å². The van der Waals surface area contributed by atoms with E-state index < -0.39 is 10.8 Å². The van der Waals surface area contributed by atoms with Crippen molar-refractivity contribution in [2.75, 3.05) is 14.2 Å². The molecule has 0 saturated carbocycles. The number of halogens is 1. The molecule has 0 radical (unpaired) electrons. The Labute approximate surface area is 132 Å². The van der Waals surface area contributed by atoms with Gasteiger partial charge in [0.05, 0.1) is 12.0 Å². The molecule has 7 heteroatoms. The van der Waals surface area contributed by atoms with Crippen molar-refractivity contribution in [2.24, 2.45) is 0 Å². The highest BCUT2D eigenvalue weighted by molar-refractivity contribution is 5.95. The number of ether oxygens (including phenoxy) is 1. The summed E-state index contributed by atoms with van der Waals surface area (Å²) in [6.45, 7) is 0.191. The van der Waals surface area contributed by atoms with Gasteiger partial charge in [0.25, 0.3) is 5.91 Å². The van der Waals surface area contributed by atoms with Gasteiger partial charge in [0.1, 0.15) is 5.82 Å². The fourth-order valence-corrected chi connectivity index (χ4v) is 2.17. The van der Waals surface area contributed by atoms with E-state index in [9.17, 15) is 19.3 Å². The summed E-state index contributed by atoms with van der Waals surface area (Å²) in [4.78, 5) is 24.1. The Morgan fingerprint density at radius 3 is 2.65 bits per heavy atom. The Kier molecular flexibility index (Phi) is 4.90. The lowest BCUT2D eigenvalue weighted by Crippen LogP contribution is -2.26. The number of nitro benzene ring substituents is 1. The Balaban J connectivity index is 2.22. The van der Waals surface area contributed by atoms with Crippen molar-refractivity contribution in [3.05, 3.63) is 69.5 Å². The van der Waals surface area contributed by atoms with Gasteiger partial charge in [0.2, 0.25) is 0 Å². The predicted octanol–water partition coefficient (Wildman–Crippen LogP) is 3.01. The van der Waals surface area contributed by atoms with Crippen LogP contribution in [0, 0.1) is 15.9 Å². The fourth-order valence-electron chi connectivity index (χ4n) is 2.17. The van der Waals surface area contributed by atoms with E-state index >= 15 is 0 Å². The second-order valence-electron chi connectivity index (χ2n) is 4.93. The quantitative estimate of drug-likeness (QED) is 0.627. The monoisotopic (exact) mass is 318 g/mol. The Bertz CT molecular complexity index is 749. The average molecular weight is 318 g/mol. The molecule has 0 fully saturated rings. The zero-order chi connectivity index (χ0) is 17.0. The molecule has 6 nitrogen and oxygen atoms in total. The van der Waals surface area contributed by atoms with Crippen LogP contribution >= 0.6 is 0 Å². The topological polar surface area (TPSA) is 72.7 Å². The van der Waals surface area contributed by atoms with E-state index in [1.807, 2.05) is 0 Å². The molecule has 0 aliphatic rings. The van der Waals surface area contributed by atoms with Crippen molar-refractivity contribution in [1.82, 2.24) is 4.90 Å². The zero-order valence-electron chi connectivity index (χ0n) is 12.7. The first-order valence-electron chi connectivity index (χ1n) is 6.74. The summed E-state index contributed by atoms with van der Waals surface area (Å²) in [5.41, 5.74) is 0.512. The number of amides is 1. The molecule has 120 valence electrons. The number of hydrogen-bond donors (Lipinski definition) is 0. The number of nitro groups is 1. The molecule has 0 atom stereocenters. The molecule has 0 saturated heterocycles. The minimum absolute atomic E-state index is 0.0827. The van der Waals surface area contributed by atoms with Crippen LogP contribution in [0.3, 0.4) is 0 Å². The first kappa shape index (κ1) is 16.4. The van der Waals surface area contributed by atoms with Crippen LogP contribution in [0.2, 0.25) is 0 Å². The Morgan fingerprint density at radius 2 is 2.04 bits per heavy atom. The lowest BCUT2D eigenvalue weighted by atomic mass is 10.1. The summed E-state index contributed by atoms with van der Waals surface area (Å²) in [5, 5.41) is 11.0. The van der Waals surface area contributed by atoms with Crippen molar-refractivity contribution >= 4 is 11.6 Å². The SMILES string of the molecule is COc1ccc(C(=O)N(C)Cc2cccc(F)c2)cc1[N+](=O)[O-]. The maximum Gasteiger partial charge on any atom is 0.311 e. The van der Waals surface area contributed by atoms with Crippen molar-refractivity contribution in [3.63, 3.8) is 0 Å². The minimum Gasteiger partial charge on any atom is -0.490 e. The first-order chi connectivity index (χ1) is 10.9. The third-order valence-electron chi connectivity index (χ3n) is 3.28. The van der Waals surface area contributed by atoms with Gasteiger partial charge in [0, 0.05) is 25.2 Å². The largest absolute Gasteiger partial charge is 0.490 e. The van der Waals surface area contributed by atoms with E-state index in [0.717, 1.165) is 0 Å². The third-order valence-corrected chi connectivity index (χ3v) is 3.28. The second kappa shape index (κ2) is 6.87. The smallest absolute Gasteiger partial charge is 0.311 e. The summed E-state index contributed by atoms with van der Waals surface area (Å²) in [5.74, 6) is -0.706. The maximum atomic E-state index is 13.2. The van der Waals surface area contributed by atoms with Gasteiger partial charge >= 0.3 is 5.69 Å². The number of rotatable bonds is 5. The predicted molar refractivity (Wildman–Crippen MR) is 81.8 cm³/mol. The van der Waals surface area contributed by atoms with Gasteiger partial charge in [-0.3, -0.25) is 14.9 Å². The standard InChI is InChI=1S/C16H15FN2O4/c1-18(10-11-4-3-5-13(17)8-11)16(20)12-6-7-15(23-2)14(9-12)19(21)22/h3-9H,10H2,1-2H3. The summed E-state index contributed by atoms with van der Waals surface area (Å²) < 4.78 is 18.1. The molecular weight excluding hydrogens is 303 g/mol. The number of benzene rings is 2. The second-order valence-corrected chi connectivity index (χ2v) is 4.93. The van der Waals surface area contributed by atoms with Crippen LogP contribution in [-0.4, -0.2) is 29.9 Å². The van der Waals surface area contributed by atoms with E-state index in [1.54, 1.807) is 19.2 Å². The molecule has 0 unspecified atom stereocenters. The Hall–Kier alpha value is -2.96. The lowest BCUT2D eigenvalue weighted by Gasteiger charge is -2.17. The van der Waals surface area contributed by atoms with Crippen LogP contribution in [-0.2, 0) is 6.54 Å². The van der Waals surface area contributed by atoms with Gasteiger partial charge in [-0.2, -0.15) is 0 Å². The van der Waals surface area contributed by atoms with E-state index in [0.29, 0.717) is 5.56 Å². The van der Waals surface area contributed by atoms with E-state index in [2.05, 4.69) is 0 Å². The molecule has 0 aliphatic heterocycles. The average Bonchev–Trinajstić information content (AvgIpc) is 2.53. The van der Waals surface area contributed by atoms with Gasteiger partial charge in [-0.1, -0.05) is 12.1 Å². The number of methoxy groups -OCH3 is 1. The van der Waals surface area contributed by atoms with E-state index in [1.165, 1.54) is 42.3 Å². The molecule has 2 aromatic carbocycles. The maximum absolute atomic E-state index is 13.2. The molecular formula is C16H15FN2O4. The molecule has 0 spiro atoms. The Morgan fingerprint density at radius 1 is 1.30 bits per heavy atom. The van der Waals surface area contributed by atoms with E-state index in [4.69, 9.17) is 4.74 Å². The third kappa shape index (κ3) is 3.82. The molecule has 0 heterocycles. The van der Waals surface area contributed by atoms with Gasteiger partial charge in [-0.15, -0.1) is 0 Å². The molecule has 0 aromatic heterocycles. The molecule has 23 heavy (non-hydrogen) atoms. The minimum atomic E-state index is -0.609. The van der Waals surface area contributed by atoms with Crippen LogP contribution in [0.1, 0.15) is 15.9 Å². The van der Waals surface area contributed by atoms with Crippen LogP contribution in [0.4, 0.5) is 10.1 Å². The highest BCUT2D eigenvalue weighted by atomic mass is 19.1. The zero-order valence-corrected chi connectivity index (χ0v) is 12.7. The summed E-state index contributed by atoms with van der Waals surface area (Å²) >= 11 is 0. The van der Waals surface area contributed by atoms with Crippen molar-refractivity contribution in [1.29, 1.82) is 0 Å². The number of hydrogen-bond acceptors (Lipinski definition) is 4. The van der Waals surface area contributed by atoms with Gasteiger partial charge in [-0.05, 0) is 29.8 Å². The van der Waals surface area contributed by atoms with Crippen LogP contribution in [0.25, 0.3) is 0 Å². The van der Waals surface area contributed by atoms with Gasteiger partial charge in [-0.25, -0.2) is 4.39 Å². The first-order valence-corrected chi connectivity index (χ1v) is 6.74. The van der Waals surface area contributed by atoms with Gasteiger partial charge in [0.15, 0.2) is 5.75 Å². The fraction of sp³-hybridized carbons (Fsp3) is 0.188. The highest BCUT2D eigenvalue weighted by Crippen LogP contribution is 2.28. The van der Waals surface area contributed by atoms with Crippen molar-refractivity contribution in [3.8, 4) is 5.75 Å². The summed E-state index contributed by atoms with van der Waals surface area (Å²) in [6.07, 6.45) is 0. The van der Waals surface area contributed by atoms with Crippen LogP contribution in [0.5, 0.6) is 5.75 Å². The lowest BCUT2D eigenvalue weighted by molar-refractivity contribution is -0.385. The molecule has 1 amide bonds. The molecule has 0 N–H and O–H groups in total. The molecule has 0 bridgehead atoms. The van der Waals surface area contributed by atoms with Gasteiger partial charge < -0.3 is 9.64 Å². The van der Waals surface area contributed by atoms with E-state index in [-0.39, 0.29) is 29.4 Å². The summed E-state index contributed by atoms with van der Waals surface area (Å²) in [7, 11) is 2.86. The molecule has 2 aromatic rings. The number of nitrogens with zero attached hydrogens (tertiary/aromatic N) is 2. The number of carbonyl (C=O) groups is 1. The normalized spacial score (nSPS) is 10.2. The molecule has 0 aliphatic carbocycles. The summed E-state index contributed by atoms with van der Waals surface area (Å²) in [6, 6.07) is 9.91. The highest BCUT2D eigenvalue weighted by Gasteiger charge is 2.20. The molecule has 2 rings (SSSR count).